The number of anilines is 1. The summed E-state index contributed by atoms with van der Waals surface area (Å²) in [5.41, 5.74) is 0.209. The van der Waals surface area contributed by atoms with Gasteiger partial charge in [0.1, 0.15) is 17.2 Å². The summed E-state index contributed by atoms with van der Waals surface area (Å²) in [4.78, 5) is 11.2. The Labute approximate surface area is 143 Å². The highest BCUT2D eigenvalue weighted by Gasteiger charge is 2.37. The largest absolute Gasteiger partial charge is 0.451 e. The first-order valence-electron chi connectivity index (χ1n) is 7.82. The molecule has 5 nitrogen and oxygen atoms in total. The number of nitrogens with zero attached hydrogens (tertiary/aromatic N) is 4. The molecule has 1 aromatic carbocycles. The topological polar surface area (TPSA) is 55.6 Å². The highest BCUT2D eigenvalue weighted by atomic mass is 19.4. The first kappa shape index (κ1) is 16.7. The fourth-order valence-electron chi connectivity index (χ4n) is 2.54. The zero-order chi connectivity index (χ0) is 18.5. The fraction of sp³-hybridized carbons (Fsp3) is 0.312. The van der Waals surface area contributed by atoms with E-state index in [1.165, 1.54) is 17.0 Å². The van der Waals surface area contributed by atoms with E-state index in [4.69, 9.17) is 0 Å². The molecule has 0 spiro atoms. The van der Waals surface area contributed by atoms with Crippen LogP contribution in [0.15, 0.2) is 24.5 Å². The number of imidazole rings is 1. The number of nitrogens with one attached hydrogen (secondary N) is 1. The van der Waals surface area contributed by atoms with Crippen LogP contribution in [0, 0.1) is 11.6 Å². The molecule has 26 heavy (non-hydrogen) atoms. The van der Waals surface area contributed by atoms with Crippen LogP contribution in [-0.2, 0) is 12.7 Å². The summed E-state index contributed by atoms with van der Waals surface area (Å²) in [5.74, 6) is -2.83. The maximum absolute atomic E-state index is 13.9. The van der Waals surface area contributed by atoms with Gasteiger partial charge in [0.05, 0.1) is 12.9 Å². The Morgan fingerprint density at radius 1 is 1.15 bits per heavy atom. The van der Waals surface area contributed by atoms with Gasteiger partial charge in [-0.15, -0.1) is 0 Å². The van der Waals surface area contributed by atoms with E-state index in [1.54, 1.807) is 0 Å². The Morgan fingerprint density at radius 3 is 2.58 bits per heavy atom. The van der Waals surface area contributed by atoms with Gasteiger partial charge in [0.25, 0.3) is 0 Å². The normalized spacial score (nSPS) is 14.8. The monoisotopic (exact) mass is 369 g/mol. The molecule has 0 radical (unpaired) electrons. The summed E-state index contributed by atoms with van der Waals surface area (Å²) >= 11 is 0. The van der Waals surface area contributed by atoms with Crippen molar-refractivity contribution in [2.45, 2.75) is 31.6 Å². The number of aromatic nitrogens is 4. The number of rotatable bonds is 4. The van der Waals surface area contributed by atoms with Gasteiger partial charge in [0.15, 0.2) is 11.5 Å². The van der Waals surface area contributed by atoms with Crippen LogP contribution in [0.3, 0.4) is 0 Å². The second-order valence-corrected chi connectivity index (χ2v) is 6.09. The highest BCUT2D eigenvalue weighted by molar-refractivity contribution is 5.83. The molecule has 0 bridgehead atoms. The molecule has 1 aliphatic rings. The first-order valence-corrected chi connectivity index (χ1v) is 7.82. The molecule has 1 saturated carbocycles. The van der Waals surface area contributed by atoms with Crippen molar-refractivity contribution in [2.75, 3.05) is 5.32 Å². The Hall–Kier alpha value is -2.78. The lowest BCUT2D eigenvalue weighted by molar-refractivity contribution is -0.144. The van der Waals surface area contributed by atoms with Crippen LogP contribution in [0.4, 0.5) is 27.8 Å². The third-order valence-corrected chi connectivity index (χ3v) is 3.99. The van der Waals surface area contributed by atoms with Gasteiger partial charge in [-0.25, -0.2) is 23.7 Å². The predicted octanol–water partition coefficient (Wildman–Crippen LogP) is 3.75. The fourth-order valence-corrected chi connectivity index (χ4v) is 2.54. The molecule has 2 aromatic heterocycles. The molecule has 0 unspecified atom stereocenters. The van der Waals surface area contributed by atoms with Gasteiger partial charge >= 0.3 is 6.18 Å². The number of benzene rings is 1. The van der Waals surface area contributed by atoms with Gasteiger partial charge < -0.3 is 9.88 Å². The average molecular weight is 369 g/mol. The Bertz CT molecular complexity index is 977. The lowest BCUT2D eigenvalue weighted by atomic mass is 10.2. The van der Waals surface area contributed by atoms with Gasteiger partial charge in [0.2, 0.25) is 5.82 Å². The van der Waals surface area contributed by atoms with E-state index in [-0.39, 0.29) is 35.1 Å². The molecular formula is C16H12F5N5. The number of fused-ring (bicyclic) bond motifs is 1. The van der Waals surface area contributed by atoms with Crippen LogP contribution >= 0.6 is 0 Å². The zero-order valence-electron chi connectivity index (χ0n) is 13.2. The number of hydrogen-bond donors (Lipinski definition) is 1. The Morgan fingerprint density at radius 2 is 1.92 bits per heavy atom. The molecule has 3 aromatic rings. The van der Waals surface area contributed by atoms with Crippen molar-refractivity contribution in [1.29, 1.82) is 0 Å². The standard InChI is InChI=1S/C16H12F5N5/c17-9-2-1-8(11(18)5-9)6-26-7-22-12-13(23-10-3-4-10)24-15(16(19,20)21)25-14(12)26/h1-2,5,7,10H,3-4,6H2,(H,23,24,25). The van der Waals surface area contributed by atoms with Crippen LogP contribution in [0.1, 0.15) is 24.2 Å². The van der Waals surface area contributed by atoms with Crippen molar-refractivity contribution in [3.8, 4) is 0 Å². The summed E-state index contributed by atoms with van der Waals surface area (Å²) in [6, 6.07) is 3.08. The second-order valence-electron chi connectivity index (χ2n) is 6.09. The van der Waals surface area contributed by atoms with Crippen molar-refractivity contribution >= 4 is 17.0 Å². The summed E-state index contributed by atoms with van der Waals surface area (Å²) in [6.07, 6.45) is -1.78. The van der Waals surface area contributed by atoms with E-state index < -0.39 is 23.6 Å². The predicted molar refractivity (Wildman–Crippen MR) is 82.4 cm³/mol. The zero-order valence-corrected chi connectivity index (χ0v) is 13.2. The third-order valence-electron chi connectivity index (χ3n) is 3.99. The van der Waals surface area contributed by atoms with E-state index in [0.29, 0.717) is 6.07 Å². The van der Waals surface area contributed by atoms with Crippen molar-refractivity contribution in [3.63, 3.8) is 0 Å². The minimum Gasteiger partial charge on any atom is -0.365 e. The van der Waals surface area contributed by atoms with Gasteiger partial charge in [-0.05, 0) is 18.9 Å². The van der Waals surface area contributed by atoms with Gasteiger partial charge in [-0.3, -0.25) is 0 Å². The van der Waals surface area contributed by atoms with Crippen molar-refractivity contribution < 1.29 is 22.0 Å². The first-order chi connectivity index (χ1) is 12.3. The molecule has 4 rings (SSSR count). The lowest BCUT2D eigenvalue weighted by Crippen LogP contribution is -2.15. The second kappa shape index (κ2) is 5.89. The molecule has 0 atom stereocenters. The van der Waals surface area contributed by atoms with Crippen LogP contribution in [0.5, 0.6) is 0 Å². The molecule has 0 amide bonds. The van der Waals surface area contributed by atoms with Gasteiger partial charge in [-0.2, -0.15) is 13.2 Å². The summed E-state index contributed by atoms with van der Waals surface area (Å²) in [5, 5.41) is 2.92. The maximum Gasteiger partial charge on any atom is 0.451 e. The van der Waals surface area contributed by atoms with E-state index in [1.807, 2.05) is 0 Å². The van der Waals surface area contributed by atoms with Crippen LogP contribution in [0.25, 0.3) is 11.2 Å². The molecule has 0 saturated heterocycles. The molecule has 10 heteroatoms. The average Bonchev–Trinajstić information content (AvgIpc) is 3.28. The maximum atomic E-state index is 13.9. The summed E-state index contributed by atoms with van der Waals surface area (Å²) < 4.78 is 67.6. The third kappa shape index (κ3) is 3.18. The van der Waals surface area contributed by atoms with Crippen molar-refractivity contribution in [1.82, 2.24) is 19.5 Å². The molecule has 1 aliphatic carbocycles. The molecular weight excluding hydrogens is 357 g/mol. The number of hydrogen-bond acceptors (Lipinski definition) is 4. The summed E-state index contributed by atoms with van der Waals surface area (Å²) in [6.45, 7) is -0.139. The van der Waals surface area contributed by atoms with E-state index in [0.717, 1.165) is 18.9 Å². The Balaban J connectivity index is 1.80. The van der Waals surface area contributed by atoms with Crippen molar-refractivity contribution in [3.05, 3.63) is 47.5 Å². The lowest BCUT2D eigenvalue weighted by Gasteiger charge is -2.11. The molecule has 136 valence electrons. The van der Waals surface area contributed by atoms with Crippen LogP contribution < -0.4 is 5.32 Å². The van der Waals surface area contributed by atoms with Crippen LogP contribution in [-0.4, -0.2) is 25.6 Å². The number of halogens is 5. The quantitative estimate of drug-likeness (QED) is 0.712. The van der Waals surface area contributed by atoms with E-state index in [2.05, 4.69) is 20.3 Å². The molecule has 0 aliphatic heterocycles. The minimum absolute atomic E-state index is 0.00292. The smallest absolute Gasteiger partial charge is 0.365 e. The highest BCUT2D eigenvalue weighted by Crippen LogP contribution is 2.32. The van der Waals surface area contributed by atoms with E-state index >= 15 is 0 Å². The molecule has 2 heterocycles. The van der Waals surface area contributed by atoms with E-state index in [9.17, 15) is 22.0 Å². The number of alkyl halides is 3. The minimum atomic E-state index is -4.73. The molecule has 1 N–H and O–H groups in total. The Kier molecular flexibility index (Phi) is 3.78. The van der Waals surface area contributed by atoms with Gasteiger partial charge in [-0.1, -0.05) is 6.07 Å². The summed E-state index contributed by atoms with van der Waals surface area (Å²) in [7, 11) is 0. The van der Waals surface area contributed by atoms with Gasteiger partial charge in [0, 0.05) is 17.7 Å². The molecule has 1 fully saturated rings. The van der Waals surface area contributed by atoms with Crippen LogP contribution in [0.2, 0.25) is 0 Å². The SMILES string of the molecule is Fc1ccc(Cn2cnc3c(NC4CC4)nc(C(F)(F)F)nc32)c(F)c1. The van der Waals surface area contributed by atoms with Crippen molar-refractivity contribution in [2.24, 2.45) is 0 Å².